The van der Waals surface area contributed by atoms with Crippen LogP contribution >= 0.6 is 0 Å². The van der Waals surface area contributed by atoms with Gasteiger partial charge in [0.25, 0.3) is 0 Å². The van der Waals surface area contributed by atoms with E-state index in [9.17, 15) is 5.11 Å². The summed E-state index contributed by atoms with van der Waals surface area (Å²) in [5.74, 6) is 1.34. The number of methoxy groups -OCH3 is 2. The van der Waals surface area contributed by atoms with E-state index in [0.717, 1.165) is 17.8 Å². The fourth-order valence-electron chi connectivity index (χ4n) is 2.52. The Bertz CT molecular complexity index is 605. The first kappa shape index (κ1) is 15.4. The maximum Gasteiger partial charge on any atom is 0.160 e. The molecule has 5 nitrogen and oxygen atoms in total. The molecule has 0 fully saturated rings. The molecule has 0 bridgehead atoms. The lowest BCUT2D eigenvalue weighted by atomic mass is 9.93. The third-order valence-corrected chi connectivity index (χ3v) is 3.56. The van der Waals surface area contributed by atoms with Crippen LogP contribution in [0.5, 0.6) is 11.5 Å². The molecule has 0 saturated carbocycles. The van der Waals surface area contributed by atoms with E-state index in [2.05, 4.69) is 5.10 Å². The minimum atomic E-state index is -0.994. The molecule has 1 aromatic carbocycles. The van der Waals surface area contributed by atoms with E-state index in [1.165, 1.54) is 0 Å². The van der Waals surface area contributed by atoms with Gasteiger partial charge in [-0.05, 0) is 37.6 Å². The van der Waals surface area contributed by atoms with Crippen molar-refractivity contribution in [1.29, 1.82) is 0 Å². The van der Waals surface area contributed by atoms with Gasteiger partial charge < -0.3 is 14.6 Å². The predicted molar refractivity (Wildman–Crippen MR) is 80.7 cm³/mol. The Morgan fingerprint density at radius 3 is 2.52 bits per heavy atom. The molecule has 0 radical (unpaired) electrons. The molecule has 0 aliphatic carbocycles. The quantitative estimate of drug-likeness (QED) is 0.887. The van der Waals surface area contributed by atoms with Crippen molar-refractivity contribution in [3.05, 3.63) is 41.7 Å². The largest absolute Gasteiger partial charge is 0.493 e. The first-order valence-electron chi connectivity index (χ1n) is 6.97. The van der Waals surface area contributed by atoms with Crippen molar-refractivity contribution in [2.75, 3.05) is 14.2 Å². The van der Waals surface area contributed by atoms with Crippen molar-refractivity contribution < 1.29 is 14.6 Å². The van der Waals surface area contributed by atoms with Crippen molar-refractivity contribution in [3.63, 3.8) is 0 Å². The summed E-state index contributed by atoms with van der Waals surface area (Å²) in [6.07, 6.45) is 2.18. The van der Waals surface area contributed by atoms with Crippen LogP contribution in [0.3, 0.4) is 0 Å². The van der Waals surface area contributed by atoms with Gasteiger partial charge in [0.05, 0.1) is 19.9 Å². The fourth-order valence-corrected chi connectivity index (χ4v) is 2.52. The number of rotatable bonds is 6. The molecule has 1 heterocycles. The second-order valence-corrected chi connectivity index (χ2v) is 5.17. The molecule has 1 aromatic heterocycles. The third-order valence-electron chi connectivity index (χ3n) is 3.56. The van der Waals surface area contributed by atoms with E-state index in [1.807, 2.05) is 31.2 Å². The number of aryl methyl sites for hydroxylation is 1. The van der Waals surface area contributed by atoms with Gasteiger partial charge in [0, 0.05) is 19.2 Å². The zero-order chi connectivity index (χ0) is 15.5. The molecule has 1 unspecified atom stereocenters. The average molecular weight is 290 g/mol. The molecule has 0 aliphatic heterocycles. The van der Waals surface area contributed by atoms with E-state index in [0.29, 0.717) is 17.9 Å². The number of ether oxygens (including phenoxy) is 2. The molecule has 2 aromatic rings. The normalized spacial score (nSPS) is 13.8. The van der Waals surface area contributed by atoms with Gasteiger partial charge in [-0.2, -0.15) is 5.10 Å². The Morgan fingerprint density at radius 1 is 1.19 bits per heavy atom. The number of hydrogen-bond donors (Lipinski definition) is 1. The van der Waals surface area contributed by atoms with Crippen molar-refractivity contribution in [1.82, 2.24) is 9.78 Å². The summed E-state index contributed by atoms with van der Waals surface area (Å²) < 4.78 is 12.3. The summed E-state index contributed by atoms with van der Waals surface area (Å²) in [5, 5.41) is 15.0. The highest BCUT2D eigenvalue weighted by molar-refractivity contribution is 5.43. The fraction of sp³-hybridized carbons (Fsp3) is 0.438. The molecule has 0 spiro atoms. The third kappa shape index (κ3) is 3.19. The molecule has 0 aliphatic rings. The minimum absolute atomic E-state index is 0.471. The molecule has 1 atom stereocenters. The van der Waals surface area contributed by atoms with Crippen LogP contribution in [-0.2, 0) is 18.6 Å². The highest BCUT2D eigenvalue weighted by atomic mass is 16.5. The lowest BCUT2D eigenvalue weighted by molar-refractivity contribution is 0.0480. The molecule has 0 saturated heterocycles. The summed E-state index contributed by atoms with van der Waals surface area (Å²) in [5.41, 5.74) is 0.785. The van der Waals surface area contributed by atoms with Crippen LogP contribution in [0.15, 0.2) is 30.5 Å². The maximum absolute atomic E-state index is 10.8. The van der Waals surface area contributed by atoms with Crippen LogP contribution in [0.25, 0.3) is 0 Å². The van der Waals surface area contributed by atoms with Crippen LogP contribution in [-0.4, -0.2) is 29.1 Å². The molecule has 1 N–H and O–H groups in total. The first-order chi connectivity index (χ1) is 10.0. The van der Waals surface area contributed by atoms with E-state index >= 15 is 0 Å². The molecule has 2 rings (SSSR count). The lowest BCUT2D eigenvalue weighted by Gasteiger charge is -2.24. The molecule has 0 amide bonds. The van der Waals surface area contributed by atoms with Gasteiger partial charge >= 0.3 is 0 Å². The number of aliphatic hydroxyl groups is 1. The topological polar surface area (TPSA) is 56.5 Å². The Labute approximate surface area is 125 Å². The van der Waals surface area contributed by atoms with Crippen molar-refractivity contribution in [2.45, 2.75) is 32.4 Å². The van der Waals surface area contributed by atoms with Crippen molar-refractivity contribution in [3.8, 4) is 11.5 Å². The Hall–Kier alpha value is -2.01. The second kappa shape index (κ2) is 6.18. The highest BCUT2D eigenvalue weighted by Gasteiger charge is 2.27. The Balaban J connectivity index is 2.28. The van der Waals surface area contributed by atoms with Crippen LogP contribution < -0.4 is 9.47 Å². The van der Waals surface area contributed by atoms with Crippen molar-refractivity contribution in [2.24, 2.45) is 0 Å². The van der Waals surface area contributed by atoms with E-state index in [4.69, 9.17) is 9.47 Å². The lowest BCUT2D eigenvalue weighted by Crippen LogP contribution is -2.28. The van der Waals surface area contributed by atoms with Gasteiger partial charge in [0.15, 0.2) is 11.5 Å². The monoisotopic (exact) mass is 290 g/mol. The standard InChI is InChI=1S/C16H22N2O3/c1-5-18-15(8-9-17-18)16(2,19)11-12-6-7-13(20-3)14(10-12)21-4/h6-10,19H,5,11H2,1-4H3. The van der Waals surface area contributed by atoms with Crippen LogP contribution in [0, 0.1) is 0 Å². The van der Waals surface area contributed by atoms with Gasteiger partial charge in [0.1, 0.15) is 5.60 Å². The summed E-state index contributed by atoms with van der Waals surface area (Å²) in [4.78, 5) is 0. The zero-order valence-electron chi connectivity index (χ0n) is 13.0. The van der Waals surface area contributed by atoms with Crippen LogP contribution in [0.4, 0.5) is 0 Å². The van der Waals surface area contributed by atoms with E-state index < -0.39 is 5.60 Å². The molecular weight excluding hydrogens is 268 g/mol. The van der Waals surface area contributed by atoms with Crippen LogP contribution in [0.2, 0.25) is 0 Å². The summed E-state index contributed by atoms with van der Waals surface area (Å²) in [7, 11) is 3.21. The van der Waals surface area contributed by atoms with Gasteiger partial charge in [-0.25, -0.2) is 0 Å². The Morgan fingerprint density at radius 2 is 1.90 bits per heavy atom. The minimum Gasteiger partial charge on any atom is -0.493 e. The zero-order valence-corrected chi connectivity index (χ0v) is 13.0. The van der Waals surface area contributed by atoms with Gasteiger partial charge in [0.2, 0.25) is 0 Å². The highest BCUT2D eigenvalue weighted by Crippen LogP contribution is 2.31. The van der Waals surface area contributed by atoms with Gasteiger partial charge in [-0.15, -0.1) is 0 Å². The SMILES string of the molecule is CCn1nccc1C(C)(O)Cc1ccc(OC)c(OC)c1. The summed E-state index contributed by atoms with van der Waals surface area (Å²) in [6.45, 7) is 4.53. The molecule has 5 heteroatoms. The Kier molecular flexibility index (Phi) is 4.53. The number of aromatic nitrogens is 2. The van der Waals surface area contributed by atoms with Crippen molar-refractivity contribution >= 4 is 0 Å². The van der Waals surface area contributed by atoms with Crippen LogP contribution in [0.1, 0.15) is 25.1 Å². The first-order valence-corrected chi connectivity index (χ1v) is 6.97. The molecule has 21 heavy (non-hydrogen) atoms. The number of nitrogens with zero attached hydrogens (tertiary/aromatic N) is 2. The predicted octanol–water partition coefficient (Wildman–Crippen LogP) is 2.37. The summed E-state index contributed by atoms with van der Waals surface area (Å²) in [6, 6.07) is 7.52. The molecule has 114 valence electrons. The smallest absolute Gasteiger partial charge is 0.160 e. The van der Waals surface area contributed by atoms with E-state index in [1.54, 1.807) is 32.0 Å². The maximum atomic E-state index is 10.8. The average Bonchev–Trinajstić information content (AvgIpc) is 2.96. The molecular formula is C16H22N2O3. The number of benzene rings is 1. The van der Waals surface area contributed by atoms with E-state index in [-0.39, 0.29) is 0 Å². The summed E-state index contributed by atoms with van der Waals surface area (Å²) >= 11 is 0. The second-order valence-electron chi connectivity index (χ2n) is 5.17. The van der Waals surface area contributed by atoms with Gasteiger partial charge in [-0.1, -0.05) is 6.07 Å². The number of hydrogen-bond acceptors (Lipinski definition) is 4. The van der Waals surface area contributed by atoms with Gasteiger partial charge in [-0.3, -0.25) is 4.68 Å².